The highest BCUT2D eigenvalue weighted by Crippen LogP contribution is 2.54. The Kier molecular flexibility index (Phi) is 8.22. The first kappa shape index (κ1) is 31.5. The maximum Gasteiger partial charge on any atom is 0.255 e. The second-order valence-electron chi connectivity index (χ2n) is 13.2. The molecule has 2 saturated carbocycles. The Bertz CT molecular complexity index is 1690. The fraction of sp³-hybridized carbons (Fsp3) is 0.457. The van der Waals surface area contributed by atoms with Crippen LogP contribution in [0, 0.1) is 23.7 Å². The Morgan fingerprint density at radius 2 is 1.85 bits per heavy atom. The topological polar surface area (TPSA) is 200 Å². The number of aromatic hydroxyl groups is 1. The molecule has 242 valence electrons. The van der Waals surface area contributed by atoms with E-state index in [0.29, 0.717) is 29.0 Å². The van der Waals surface area contributed by atoms with Gasteiger partial charge in [0, 0.05) is 41.9 Å². The fourth-order valence-electron chi connectivity index (χ4n) is 8.11. The third kappa shape index (κ3) is 5.06. The third-order valence-corrected chi connectivity index (χ3v) is 10.6. The van der Waals surface area contributed by atoms with Crippen LogP contribution in [0.1, 0.15) is 84.5 Å². The van der Waals surface area contributed by atoms with E-state index in [9.17, 15) is 39.6 Å². The molecule has 0 aliphatic heterocycles. The van der Waals surface area contributed by atoms with E-state index < -0.39 is 63.8 Å². The van der Waals surface area contributed by atoms with Gasteiger partial charge < -0.3 is 31.5 Å². The molecule has 0 saturated heterocycles. The molecule has 2 amide bonds. The summed E-state index contributed by atoms with van der Waals surface area (Å²) in [5, 5.41) is 48.8. The second-order valence-corrected chi connectivity index (χ2v) is 13.2. The summed E-state index contributed by atoms with van der Waals surface area (Å²) in [4.78, 5) is 55.9. The molecule has 4 aliphatic carbocycles. The number of Topliss-reactive ketones (excluding diaryl/α,β-unsaturated/α-hetero) is 2. The van der Waals surface area contributed by atoms with Crippen molar-refractivity contribution < 1.29 is 39.6 Å². The zero-order chi connectivity index (χ0) is 32.9. The van der Waals surface area contributed by atoms with E-state index in [4.69, 9.17) is 5.73 Å². The van der Waals surface area contributed by atoms with Crippen molar-refractivity contribution in [2.45, 2.75) is 76.9 Å². The predicted octanol–water partition coefficient (Wildman–Crippen LogP) is 3.51. The van der Waals surface area contributed by atoms with Crippen LogP contribution in [0.5, 0.6) is 5.75 Å². The number of hydrogen-bond acceptors (Lipinski definition) is 9. The number of carbonyl (C=O) groups is 4. The van der Waals surface area contributed by atoms with Gasteiger partial charge >= 0.3 is 0 Å². The number of primary amides is 1. The molecule has 4 atom stereocenters. The van der Waals surface area contributed by atoms with Gasteiger partial charge in [0.25, 0.3) is 11.8 Å². The lowest BCUT2D eigenvalue weighted by Gasteiger charge is -2.48. The molecule has 0 radical (unpaired) electrons. The van der Waals surface area contributed by atoms with Gasteiger partial charge in [-0.1, -0.05) is 45.1 Å². The van der Waals surface area contributed by atoms with Gasteiger partial charge in [-0.05, 0) is 60.8 Å². The molecule has 0 unspecified atom stereocenters. The number of nitrogens with two attached hydrogens (primary N) is 1. The van der Waals surface area contributed by atoms with Crippen LogP contribution in [0.2, 0.25) is 0 Å². The van der Waals surface area contributed by atoms with Gasteiger partial charge in [0.15, 0.2) is 11.4 Å². The molecule has 11 heteroatoms. The molecule has 2 aromatic rings. The highest BCUT2D eigenvalue weighted by Gasteiger charge is 2.62. The number of ketones is 2. The smallest absolute Gasteiger partial charge is 0.255 e. The van der Waals surface area contributed by atoms with Gasteiger partial charge in [0.2, 0.25) is 5.78 Å². The quantitative estimate of drug-likeness (QED) is 0.248. The minimum absolute atomic E-state index is 0.0481. The monoisotopic (exact) mass is 629 g/mol. The SMILES string of the molecule is C[C@@H]1C(=O)C(C(N)=O)=C(O)[C@@]2(O)C(=O)C3=C(O)c4c(O)c(CNC(=O)c5cccnc5)cc(CCC5CCCCC5)c4C[C@H]3C[C@@H]12. The number of hydrogen-bond donors (Lipinski definition) is 6. The minimum Gasteiger partial charge on any atom is -0.508 e. The first-order valence-electron chi connectivity index (χ1n) is 16.0. The fourth-order valence-corrected chi connectivity index (χ4v) is 8.11. The molecule has 1 aromatic heterocycles. The van der Waals surface area contributed by atoms with Crippen molar-refractivity contribution >= 4 is 29.1 Å². The number of aliphatic hydroxyl groups excluding tert-OH is 2. The molecule has 11 nitrogen and oxygen atoms in total. The van der Waals surface area contributed by atoms with Crippen LogP contribution >= 0.6 is 0 Å². The lowest BCUT2D eigenvalue weighted by molar-refractivity contribution is -0.152. The number of rotatable bonds is 7. The van der Waals surface area contributed by atoms with Crippen LogP contribution in [-0.2, 0) is 33.8 Å². The van der Waals surface area contributed by atoms with Crippen LogP contribution in [0.15, 0.2) is 47.5 Å². The zero-order valence-electron chi connectivity index (χ0n) is 25.7. The Balaban J connectivity index is 1.43. The molecule has 7 N–H and O–H groups in total. The molecule has 4 aliphatic rings. The molecule has 0 spiro atoms. The summed E-state index contributed by atoms with van der Waals surface area (Å²) in [7, 11) is 0. The average molecular weight is 630 g/mol. The van der Waals surface area contributed by atoms with E-state index in [1.54, 1.807) is 18.3 Å². The van der Waals surface area contributed by atoms with E-state index in [-0.39, 0.29) is 36.3 Å². The number of nitrogens with one attached hydrogen (secondary N) is 1. The van der Waals surface area contributed by atoms with Crippen molar-refractivity contribution in [3.05, 3.63) is 75.3 Å². The molecule has 46 heavy (non-hydrogen) atoms. The number of phenolic OH excluding ortho intramolecular Hbond substituents is 1. The van der Waals surface area contributed by atoms with Crippen LogP contribution in [0.25, 0.3) is 5.76 Å². The van der Waals surface area contributed by atoms with Crippen molar-refractivity contribution in [1.82, 2.24) is 10.3 Å². The van der Waals surface area contributed by atoms with E-state index >= 15 is 0 Å². The van der Waals surface area contributed by atoms with Crippen molar-refractivity contribution in [2.24, 2.45) is 29.4 Å². The lowest BCUT2D eigenvalue weighted by atomic mass is 9.56. The van der Waals surface area contributed by atoms with E-state index in [2.05, 4.69) is 10.3 Å². The van der Waals surface area contributed by atoms with E-state index in [1.165, 1.54) is 32.4 Å². The van der Waals surface area contributed by atoms with Gasteiger partial charge in [-0.25, -0.2) is 0 Å². The largest absolute Gasteiger partial charge is 0.508 e. The molecule has 1 aromatic carbocycles. The molecular weight excluding hydrogens is 590 g/mol. The minimum atomic E-state index is -2.65. The normalized spacial score (nSPS) is 26.3. The Morgan fingerprint density at radius 3 is 2.52 bits per heavy atom. The summed E-state index contributed by atoms with van der Waals surface area (Å²) in [5.74, 6) is -7.51. The molecule has 2 fully saturated rings. The maximum absolute atomic E-state index is 14.1. The number of aromatic nitrogens is 1. The number of aryl methyl sites for hydroxylation is 1. The Hall–Kier alpha value is -4.51. The third-order valence-electron chi connectivity index (χ3n) is 10.6. The van der Waals surface area contributed by atoms with Crippen LogP contribution in [0.4, 0.5) is 0 Å². The van der Waals surface area contributed by atoms with E-state index in [1.807, 2.05) is 6.07 Å². The first-order valence-corrected chi connectivity index (χ1v) is 16.0. The van der Waals surface area contributed by atoms with Crippen molar-refractivity contribution in [1.29, 1.82) is 0 Å². The zero-order valence-corrected chi connectivity index (χ0v) is 25.7. The summed E-state index contributed by atoms with van der Waals surface area (Å²) >= 11 is 0. The summed E-state index contributed by atoms with van der Waals surface area (Å²) in [6.45, 7) is 1.42. The van der Waals surface area contributed by atoms with Crippen molar-refractivity contribution in [2.75, 3.05) is 0 Å². The number of phenols is 1. The second kappa shape index (κ2) is 12.0. The summed E-state index contributed by atoms with van der Waals surface area (Å²) in [5.41, 5.74) is 3.98. The lowest BCUT2D eigenvalue weighted by Crippen LogP contribution is -2.61. The summed E-state index contributed by atoms with van der Waals surface area (Å²) in [6.07, 6.45) is 10.7. The number of pyridine rings is 1. The average Bonchev–Trinajstić information content (AvgIpc) is 3.05. The van der Waals surface area contributed by atoms with Crippen molar-refractivity contribution in [3.8, 4) is 5.75 Å². The summed E-state index contributed by atoms with van der Waals surface area (Å²) < 4.78 is 0. The number of fused-ring (bicyclic) bond motifs is 3. The number of aliphatic hydroxyl groups is 3. The Labute approximate surface area is 266 Å². The van der Waals surface area contributed by atoms with Crippen LogP contribution < -0.4 is 11.1 Å². The number of amides is 2. The molecule has 1 heterocycles. The molecular formula is C35H39N3O8. The molecule has 6 rings (SSSR count). The first-order chi connectivity index (χ1) is 21.9. The standard InChI is InChI=1S/C35H39N3O8/c1-17-24-14-21-13-23-19(10-9-18-6-3-2-4-7-18)12-22(16-38-34(45)20-8-5-11-37-15-20)29(40)26(23)30(41)25(21)31(42)35(24,46)32(43)27(28(17)39)33(36)44/h5,8,11-12,15,17-18,21,24,40-41,43,46H,2-4,6-7,9-10,13-14,16H2,1H3,(H2,36,44)(H,38,45)/t17-,21-,24-,35-/m0/s1. The van der Waals surface area contributed by atoms with Gasteiger partial charge in [-0.3, -0.25) is 24.2 Å². The Morgan fingerprint density at radius 1 is 1.11 bits per heavy atom. The van der Waals surface area contributed by atoms with Gasteiger partial charge in [0.1, 0.15) is 22.8 Å². The maximum atomic E-state index is 14.1. The number of benzene rings is 1. The van der Waals surface area contributed by atoms with Gasteiger partial charge in [0.05, 0.1) is 11.1 Å². The predicted molar refractivity (Wildman–Crippen MR) is 166 cm³/mol. The van der Waals surface area contributed by atoms with Crippen LogP contribution in [-0.4, -0.2) is 54.4 Å². The van der Waals surface area contributed by atoms with Gasteiger partial charge in [-0.15, -0.1) is 0 Å². The van der Waals surface area contributed by atoms with Gasteiger partial charge in [-0.2, -0.15) is 0 Å². The van der Waals surface area contributed by atoms with Crippen molar-refractivity contribution in [3.63, 3.8) is 0 Å². The highest BCUT2D eigenvalue weighted by molar-refractivity contribution is 6.23. The number of nitrogens with zero attached hydrogens (tertiary/aromatic N) is 1. The van der Waals surface area contributed by atoms with Crippen LogP contribution in [0.3, 0.4) is 0 Å². The number of carbonyl (C=O) groups excluding carboxylic acids is 4. The molecule has 0 bridgehead atoms. The van der Waals surface area contributed by atoms with E-state index in [0.717, 1.165) is 24.8 Å². The highest BCUT2D eigenvalue weighted by atomic mass is 16.3. The summed E-state index contributed by atoms with van der Waals surface area (Å²) in [6, 6.07) is 5.10.